The molecule has 1 saturated heterocycles. The number of carbonyl (C=O) groups excluding carboxylic acids is 4. The fourth-order valence-corrected chi connectivity index (χ4v) is 3.31. The Morgan fingerprint density at radius 1 is 0.906 bits per heavy atom. The van der Waals surface area contributed by atoms with Gasteiger partial charge in [0.25, 0.3) is 0 Å². The third-order valence-electron chi connectivity index (χ3n) is 4.80. The predicted octanol–water partition coefficient (Wildman–Crippen LogP) is 1.34. The minimum Gasteiger partial charge on any atom is -0.463 e. The van der Waals surface area contributed by atoms with Gasteiger partial charge in [0.15, 0.2) is 12.2 Å². The first kappa shape index (κ1) is 25.1. The third-order valence-corrected chi connectivity index (χ3v) is 4.80. The minimum atomic E-state index is -1.16. The lowest BCUT2D eigenvalue weighted by atomic mass is 9.96. The van der Waals surface area contributed by atoms with Crippen molar-refractivity contribution in [3.8, 4) is 5.75 Å². The van der Waals surface area contributed by atoms with E-state index in [0.717, 1.165) is 11.1 Å². The van der Waals surface area contributed by atoms with Gasteiger partial charge in [0, 0.05) is 27.7 Å². The average molecular weight is 451 g/mol. The molecule has 176 valence electrons. The van der Waals surface area contributed by atoms with Gasteiger partial charge < -0.3 is 29.0 Å². The van der Waals surface area contributed by atoms with Crippen LogP contribution in [0.2, 0.25) is 0 Å². The van der Waals surface area contributed by atoms with Gasteiger partial charge >= 0.3 is 17.9 Å². The van der Waals surface area contributed by atoms with E-state index in [1.54, 1.807) is 12.1 Å². The van der Waals surface area contributed by atoms with Crippen molar-refractivity contribution >= 4 is 23.8 Å². The summed E-state index contributed by atoms with van der Waals surface area (Å²) < 4.78 is 27.8. The van der Waals surface area contributed by atoms with Crippen molar-refractivity contribution in [3.63, 3.8) is 0 Å². The van der Waals surface area contributed by atoms with E-state index in [-0.39, 0.29) is 6.61 Å². The fourth-order valence-electron chi connectivity index (χ4n) is 3.31. The molecule has 2 rings (SSSR count). The van der Waals surface area contributed by atoms with E-state index >= 15 is 0 Å². The van der Waals surface area contributed by atoms with E-state index in [9.17, 15) is 19.2 Å². The van der Waals surface area contributed by atoms with Gasteiger partial charge in [-0.25, -0.2) is 0 Å². The van der Waals surface area contributed by atoms with E-state index in [1.807, 2.05) is 19.9 Å². The quantitative estimate of drug-likeness (QED) is 0.483. The van der Waals surface area contributed by atoms with Crippen molar-refractivity contribution in [2.75, 3.05) is 6.61 Å². The third kappa shape index (κ3) is 6.94. The number of carbonyl (C=O) groups is 4. The van der Waals surface area contributed by atoms with Gasteiger partial charge in [0.1, 0.15) is 24.5 Å². The molecule has 10 heteroatoms. The van der Waals surface area contributed by atoms with Crippen molar-refractivity contribution in [2.24, 2.45) is 0 Å². The Kier molecular flexibility index (Phi) is 8.59. The molecule has 1 aliphatic rings. The average Bonchev–Trinajstić information content (AvgIpc) is 2.66. The Labute approximate surface area is 186 Å². The van der Waals surface area contributed by atoms with Gasteiger partial charge in [-0.1, -0.05) is 6.07 Å². The van der Waals surface area contributed by atoms with Crippen LogP contribution < -0.4 is 10.1 Å². The second kappa shape index (κ2) is 10.9. The molecule has 1 aromatic carbocycles. The van der Waals surface area contributed by atoms with E-state index in [4.69, 9.17) is 23.7 Å². The Balaban J connectivity index is 2.46. The highest BCUT2D eigenvalue weighted by molar-refractivity contribution is 5.73. The smallest absolute Gasteiger partial charge is 0.303 e. The van der Waals surface area contributed by atoms with Crippen molar-refractivity contribution in [1.82, 2.24) is 5.32 Å². The Hall–Kier alpha value is -3.14. The van der Waals surface area contributed by atoms with E-state index in [1.165, 1.54) is 27.7 Å². The van der Waals surface area contributed by atoms with Crippen LogP contribution in [-0.2, 0) is 38.1 Å². The maximum Gasteiger partial charge on any atom is 0.303 e. The molecule has 5 atom stereocenters. The number of amides is 1. The fraction of sp³-hybridized carbons (Fsp3) is 0.545. The second-order valence-corrected chi connectivity index (χ2v) is 7.58. The summed E-state index contributed by atoms with van der Waals surface area (Å²) in [5, 5.41) is 2.66. The zero-order chi connectivity index (χ0) is 24.0. The highest BCUT2D eigenvalue weighted by atomic mass is 16.7. The number of aryl methyl sites for hydroxylation is 2. The van der Waals surface area contributed by atoms with Gasteiger partial charge in [-0.15, -0.1) is 0 Å². The van der Waals surface area contributed by atoms with Gasteiger partial charge in [0.2, 0.25) is 12.2 Å². The van der Waals surface area contributed by atoms with Gasteiger partial charge in [-0.05, 0) is 37.1 Å². The summed E-state index contributed by atoms with van der Waals surface area (Å²) in [5.41, 5.74) is 2.03. The lowest BCUT2D eigenvalue weighted by Gasteiger charge is -2.44. The summed E-state index contributed by atoms with van der Waals surface area (Å²) in [7, 11) is 0. The number of ether oxygens (including phenoxy) is 5. The minimum absolute atomic E-state index is 0.287. The number of rotatable bonds is 7. The molecule has 0 aliphatic carbocycles. The van der Waals surface area contributed by atoms with Crippen LogP contribution in [0.4, 0.5) is 0 Å². The van der Waals surface area contributed by atoms with E-state index in [0.29, 0.717) is 5.75 Å². The van der Waals surface area contributed by atoms with Crippen LogP contribution in [0.25, 0.3) is 0 Å². The van der Waals surface area contributed by atoms with Crippen LogP contribution in [0, 0.1) is 13.8 Å². The highest BCUT2D eigenvalue weighted by Gasteiger charge is 2.51. The predicted molar refractivity (Wildman–Crippen MR) is 111 cm³/mol. The molecule has 1 N–H and O–H groups in total. The number of benzene rings is 1. The van der Waals surface area contributed by atoms with Gasteiger partial charge in [-0.2, -0.15) is 0 Å². The molecule has 0 radical (unpaired) electrons. The molecule has 0 bridgehead atoms. The number of nitrogens with one attached hydrogen (secondary N) is 1. The largest absolute Gasteiger partial charge is 0.463 e. The molecule has 0 saturated carbocycles. The molecular formula is C22H29NO9. The van der Waals surface area contributed by atoms with Crippen LogP contribution in [0.3, 0.4) is 0 Å². The van der Waals surface area contributed by atoms with Crippen molar-refractivity contribution < 1.29 is 42.9 Å². The molecule has 10 nitrogen and oxygen atoms in total. The highest BCUT2D eigenvalue weighted by Crippen LogP contribution is 2.29. The van der Waals surface area contributed by atoms with E-state index < -0.39 is 54.5 Å². The summed E-state index contributed by atoms with van der Waals surface area (Å²) in [6, 6.07) is 4.37. The van der Waals surface area contributed by atoms with Crippen LogP contribution in [0.1, 0.15) is 38.8 Å². The molecule has 0 aromatic heterocycles. The Bertz CT molecular complexity index is 869. The van der Waals surface area contributed by atoms with Crippen LogP contribution in [0.5, 0.6) is 5.75 Å². The van der Waals surface area contributed by atoms with Gasteiger partial charge in [-0.3, -0.25) is 19.2 Å². The normalized spacial score (nSPS) is 24.8. The maximum atomic E-state index is 11.9. The Morgan fingerprint density at radius 3 is 2.06 bits per heavy atom. The van der Waals surface area contributed by atoms with Crippen LogP contribution in [-0.4, -0.2) is 61.1 Å². The lowest BCUT2D eigenvalue weighted by Crippen LogP contribution is -2.67. The topological polar surface area (TPSA) is 126 Å². The molecule has 0 spiro atoms. The number of esters is 3. The molecular weight excluding hydrogens is 422 g/mol. The number of hydrogen-bond donors (Lipinski definition) is 1. The zero-order valence-corrected chi connectivity index (χ0v) is 19.0. The van der Waals surface area contributed by atoms with Gasteiger partial charge in [0.05, 0.1) is 0 Å². The monoisotopic (exact) mass is 451 g/mol. The first-order valence-corrected chi connectivity index (χ1v) is 10.1. The van der Waals surface area contributed by atoms with Crippen molar-refractivity contribution in [3.05, 3.63) is 29.3 Å². The van der Waals surface area contributed by atoms with Crippen LogP contribution in [0.15, 0.2) is 18.2 Å². The molecule has 1 heterocycles. The molecule has 1 aliphatic heterocycles. The zero-order valence-electron chi connectivity index (χ0n) is 19.0. The summed E-state index contributed by atoms with van der Waals surface area (Å²) in [5.74, 6) is -1.90. The molecule has 1 amide bonds. The maximum absolute atomic E-state index is 11.9. The summed E-state index contributed by atoms with van der Waals surface area (Å²) in [6.45, 7) is 8.44. The summed E-state index contributed by atoms with van der Waals surface area (Å²) >= 11 is 0. The standard InChI is InChI=1S/C22H29NO9/c1-11-7-8-17(9-12(11)2)31-22-19(23-13(3)24)21(30-16(6)27)20(29-15(5)26)18(32-22)10-28-14(4)25/h7-9,18-22H,10H2,1-6H3,(H,23,24)/t18-,19-,20-,21-,22-/m1/s1. The Morgan fingerprint density at radius 2 is 1.53 bits per heavy atom. The summed E-state index contributed by atoms with van der Waals surface area (Å²) in [6.07, 6.45) is -4.48. The second-order valence-electron chi connectivity index (χ2n) is 7.58. The lowest BCUT2D eigenvalue weighted by molar-refractivity contribution is -0.257. The number of hydrogen-bond acceptors (Lipinski definition) is 9. The van der Waals surface area contributed by atoms with Crippen molar-refractivity contribution in [1.29, 1.82) is 0 Å². The molecule has 1 aromatic rings. The molecule has 32 heavy (non-hydrogen) atoms. The van der Waals surface area contributed by atoms with Crippen molar-refractivity contribution in [2.45, 2.75) is 72.2 Å². The molecule has 0 unspecified atom stereocenters. The summed E-state index contributed by atoms with van der Waals surface area (Å²) in [4.78, 5) is 46.9. The first-order chi connectivity index (χ1) is 15.0. The molecule has 1 fully saturated rings. The SMILES string of the molecule is CC(=O)N[C@H]1[C@H](Oc2ccc(C)c(C)c2)O[C@H](COC(C)=O)[C@@H](OC(C)=O)[C@@H]1OC(C)=O. The first-order valence-electron chi connectivity index (χ1n) is 10.1. The van der Waals surface area contributed by atoms with Crippen LogP contribution >= 0.6 is 0 Å². The van der Waals surface area contributed by atoms with E-state index in [2.05, 4.69) is 5.32 Å².